The zero-order chi connectivity index (χ0) is 13.0. The van der Waals surface area contributed by atoms with E-state index in [1.807, 2.05) is 27.7 Å². The number of hydrogen-bond donors (Lipinski definition) is 1. The van der Waals surface area contributed by atoms with Crippen molar-refractivity contribution in [2.45, 2.75) is 60.7 Å². The van der Waals surface area contributed by atoms with Crippen LogP contribution in [0.1, 0.15) is 48.5 Å². The third kappa shape index (κ3) is 168. The summed E-state index contributed by atoms with van der Waals surface area (Å²) >= 11 is 0. The summed E-state index contributed by atoms with van der Waals surface area (Å²) in [4.78, 5) is 18.4. The Hall–Kier alpha value is -0.900. The molecule has 0 heterocycles. The number of hydrogen-bond acceptors (Lipinski definition) is 3. The zero-order valence-electron chi connectivity index (χ0n) is 10.8. The Balaban J connectivity index is -0.000000155. The number of ether oxygens (including phenoxy) is 1. The molecule has 0 aliphatic heterocycles. The van der Waals surface area contributed by atoms with Crippen molar-refractivity contribution in [3.63, 3.8) is 0 Å². The van der Waals surface area contributed by atoms with Crippen molar-refractivity contribution < 1.29 is 19.4 Å². The highest BCUT2D eigenvalue weighted by Crippen LogP contribution is 1.93. The van der Waals surface area contributed by atoms with Crippen LogP contribution < -0.4 is 0 Å². The molecule has 0 rings (SSSR count). The molecule has 0 spiro atoms. The number of ketones is 1. The van der Waals surface area contributed by atoms with Gasteiger partial charge in [0.2, 0.25) is 0 Å². The summed E-state index contributed by atoms with van der Waals surface area (Å²) < 4.78 is 5.25. The Morgan fingerprint density at radius 1 is 0.933 bits per heavy atom. The largest absolute Gasteiger partial charge is 0.481 e. The molecule has 0 aliphatic rings. The van der Waals surface area contributed by atoms with Crippen molar-refractivity contribution in [3.8, 4) is 0 Å². The van der Waals surface area contributed by atoms with E-state index in [9.17, 15) is 4.79 Å². The molecule has 0 fully saturated rings. The van der Waals surface area contributed by atoms with E-state index in [0.717, 1.165) is 6.92 Å². The van der Waals surface area contributed by atoms with Gasteiger partial charge in [-0.05, 0) is 41.5 Å². The molecule has 4 nitrogen and oxygen atoms in total. The lowest BCUT2D eigenvalue weighted by Crippen LogP contribution is -2.09. The Labute approximate surface area is 92.6 Å². The van der Waals surface area contributed by atoms with Crippen LogP contribution in [-0.2, 0) is 14.3 Å². The smallest absolute Gasteiger partial charge is 0.300 e. The molecule has 0 saturated carbocycles. The minimum absolute atomic E-state index is 0.167. The number of aliphatic carboxylic acids is 1. The number of rotatable bonds is 2. The second-order valence-electron chi connectivity index (χ2n) is 3.66. The Kier molecular flexibility index (Phi) is 17.2. The summed E-state index contributed by atoms with van der Waals surface area (Å²) in [5.74, 6) is -0.667. The van der Waals surface area contributed by atoms with Gasteiger partial charge < -0.3 is 14.6 Å². The van der Waals surface area contributed by atoms with E-state index in [1.54, 1.807) is 0 Å². The van der Waals surface area contributed by atoms with E-state index < -0.39 is 5.97 Å². The summed E-state index contributed by atoms with van der Waals surface area (Å²) in [7, 11) is 0. The van der Waals surface area contributed by atoms with Crippen LogP contribution in [0.25, 0.3) is 0 Å². The Bertz CT molecular complexity index is 136. The van der Waals surface area contributed by atoms with Gasteiger partial charge in [-0.1, -0.05) is 0 Å². The topological polar surface area (TPSA) is 63.6 Å². The van der Waals surface area contributed by atoms with Gasteiger partial charge in [-0.25, -0.2) is 0 Å². The molecular formula is C11H24O4. The number of carbonyl (C=O) groups is 2. The Morgan fingerprint density at radius 3 is 1.07 bits per heavy atom. The third-order valence-electron chi connectivity index (χ3n) is 0.544. The average Bonchev–Trinajstić information content (AvgIpc) is 1.78. The van der Waals surface area contributed by atoms with E-state index in [2.05, 4.69) is 0 Å². The molecule has 0 atom stereocenters. The first-order chi connectivity index (χ1) is 6.59. The third-order valence-corrected chi connectivity index (χ3v) is 0.544. The van der Waals surface area contributed by atoms with Crippen LogP contribution in [0.3, 0.4) is 0 Å². The fraction of sp³-hybridized carbons (Fsp3) is 0.818. The van der Waals surface area contributed by atoms with E-state index in [1.165, 1.54) is 13.8 Å². The molecule has 0 aromatic carbocycles. The molecule has 0 unspecified atom stereocenters. The van der Waals surface area contributed by atoms with E-state index in [0.29, 0.717) is 12.2 Å². The van der Waals surface area contributed by atoms with Gasteiger partial charge in [-0.15, -0.1) is 0 Å². The lowest BCUT2D eigenvalue weighted by molar-refractivity contribution is -0.134. The van der Waals surface area contributed by atoms with Crippen molar-refractivity contribution in [2.75, 3.05) is 0 Å². The molecule has 1 N–H and O–H groups in total. The minimum Gasteiger partial charge on any atom is -0.481 e. The van der Waals surface area contributed by atoms with Crippen LogP contribution in [-0.4, -0.2) is 29.1 Å². The molecule has 0 bridgehead atoms. The maximum absolute atomic E-state index is 9.44. The highest BCUT2D eigenvalue weighted by Gasteiger charge is 1.94. The maximum Gasteiger partial charge on any atom is 0.300 e. The van der Waals surface area contributed by atoms with E-state index in [-0.39, 0.29) is 5.78 Å². The van der Waals surface area contributed by atoms with Gasteiger partial charge in [-0.3, -0.25) is 4.79 Å². The Morgan fingerprint density at radius 2 is 1.07 bits per heavy atom. The molecule has 0 aromatic rings. The molecule has 92 valence electrons. The molecule has 0 saturated heterocycles. The number of Topliss-reactive ketones (excluding diaryl/α,β-unsaturated/α-hetero) is 1. The average molecular weight is 220 g/mol. The molecule has 0 aromatic heterocycles. The molecule has 0 radical (unpaired) electrons. The van der Waals surface area contributed by atoms with Crippen LogP contribution in [0, 0.1) is 0 Å². The molecule has 15 heavy (non-hydrogen) atoms. The molecule has 0 amide bonds. The lowest BCUT2D eigenvalue weighted by atomic mass is 10.4. The summed E-state index contributed by atoms with van der Waals surface area (Å²) in [6, 6.07) is 0. The quantitative estimate of drug-likeness (QED) is 0.776. The summed E-state index contributed by atoms with van der Waals surface area (Å²) in [6.45, 7) is 12.3. The normalized spacial score (nSPS) is 8.60. The second kappa shape index (κ2) is 13.1. The monoisotopic (exact) mass is 220 g/mol. The van der Waals surface area contributed by atoms with Gasteiger partial charge in [-0.2, -0.15) is 0 Å². The first-order valence-electron chi connectivity index (χ1n) is 4.91. The predicted molar refractivity (Wildman–Crippen MR) is 61.0 cm³/mol. The first-order valence-corrected chi connectivity index (χ1v) is 4.91. The standard InChI is InChI=1S/C6H14O.C3H6O.C2H4O2/c1-5(2)7-6(3)4;1-3(2)4;1-2(3)4/h5-6H,1-4H3;1-2H3;1H3,(H,3,4). The highest BCUT2D eigenvalue weighted by molar-refractivity contribution is 5.72. The summed E-state index contributed by atoms with van der Waals surface area (Å²) in [5.41, 5.74) is 0. The first kappa shape index (κ1) is 19.6. The zero-order valence-corrected chi connectivity index (χ0v) is 10.8. The minimum atomic E-state index is -0.833. The van der Waals surface area contributed by atoms with Gasteiger partial charge >= 0.3 is 0 Å². The molecule has 4 heteroatoms. The van der Waals surface area contributed by atoms with Crippen molar-refractivity contribution in [1.29, 1.82) is 0 Å². The van der Waals surface area contributed by atoms with Gasteiger partial charge in [0, 0.05) is 6.92 Å². The van der Waals surface area contributed by atoms with Crippen LogP contribution in [0.4, 0.5) is 0 Å². The van der Waals surface area contributed by atoms with Gasteiger partial charge in [0.05, 0.1) is 12.2 Å². The molecule has 0 aliphatic carbocycles. The number of carboxylic acids is 1. The second-order valence-corrected chi connectivity index (χ2v) is 3.66. The van der Waals surface area contributed by atoms with E-state index >= 15 is 0 Å². The SMILES string of the molecule is CC(=O)O.CC(C)=O.CC(C)OC(C)C. The van der Waals surface area contributed by atoms with Gasteiger partial charge in [0.1, 0.15) is 5.78 Å². The fourth-order valence-electron chi connectivity index (χ4n) is 0.544. The summed E-state index contributed by atoms with van der Waals surface area (Å²) in [6.07, 6.45) is 0.750. The van der Waals surface area contributed by atoms with Crippen molar-refractivity contribution >= 4 is 11.8 Å². The van der Waals surface area contributed by atoms with Crippen LogP contribution >= 0.6 is 0 Å². The lowest BCUT2D eigenvalue weighted by Gasteiger charge is -2.09. The predicted octanol–water partition coefficient (Wildman–Crippen LogP) is 2.51. The van der Waals surface area contributed by atoms with Crippen LogP contribution in [0.2, 0.25) is 0 Å². The van der Waals surface area contributed by atoms with Gasteiger partial charge in [0.25, 0.3) is 5.97 Å². The van der Waals surface area contributed by atoms with Gasteiger partial charge in [0.15, 0.2) is 0 Å². The molecular weight excluding hydrogens is 196 g/mol. The van der Waals surface area contributed by atoms with Crippen LogP contribution in [0.15, 0.2) is 0 Å². The van der Waals surface area contributed by atoms with Crippen molar-refractivity contribution in [3.05, 3.63) is 0 Å². The van der Waals surface area contributed by atoms with Crippen molar-refractivity contribution in [1.82, 2.24) is 0 Å². The highest BCUT2D eigenvalue weighted by atomic mass is 16.5. The summed E-state index contributed by atoms with van der Waals surface area (Å²) in [5, 5.41) is 7.42. The van der Waals surface area contributed by atoms with E-state index in [4.69, 9.17) is 14.6 Å². The number of carbonyl (C=O) groups excluding carboxylic acids is 1. The van der Waals surface area contributed by atoms with Crippen LogP contribution in [0.5, 0.6) is 0 Å². The fourth-order valence-corrected chi connectivity index (χ4v) is 0.544. The maximum atomic E-state index is 9.44. The number of carboxylic acid groups (broad SMARTS) is 1. The van der Waals surface area contributed by atoms with Crippen molar-refractivity contribution in [2.24, 2.45) is 0 Å².